The maximum absolute atomic E-state index is 11.8. The Morgan fingerprint density at radius 1 is 1.41 bits per heavy atom. The largest absolute Gasteiger partial charge is 0.435 e. The van der Waals surface area contributed by atoms with E-state index >= 15 is 0 Å². The molecule has 6 atom stereocenters. The van der Waals surface area contributed by atoms with Crippen LogP contribution >= 0.6 is 0 Å². The quantitative estimate of drug-likeness (QED) is 0.709. The van der Waals surface area contributed by atoms with E-state index in [1.165, 1.54) is 19.3 Å². The minimum Gasteiger partial charge on any atom is -0.435 e. The van der Waals surface area contributed by atoms with Gasteiger partial charge in [-0.3, -0.25) is 4.79 Å². The molecule has 0 spiro atoms. The van der Waals surface area contributed by atoms with Crippen LogP contribution in [0.1, 0.15) is 39.5 Å². The van der Waals surface area contributed by atoms with Gasteiger partial charge >= 0.3 is 5.97 Å². The topological polar surface area (TPSA) is 35.5 Å². The maximum Gasteiger partial charge on any atom is 0.310 e. The molecule has 2 saturated carbocycles. The minimum absolute atomic E-state index is 0.00348. The molecule has 3 heteroatoms. The number of fused-ring (bicyclic) bond motifs is 5. The second-order valence-corrected chi connectivity index (χ2v) is 6.02. The van der Waals surface area contributed by atoms with Crippen molar-refractivity contribution >= 4 is 5.97 Å². The fraction of sp³-hybridized carbons (Fsp3) is 0.929. The van der Waals surface area contributed by atoms with Crippen molar-refractivity contribution in [2.45, 2.75) is 45.8 Å². The summed E-state index contributed by atoms with van der Waals surface area (Å²) >= 11 is 0. The Kier molecular flexibility index (Phi) is 2.89. The van der Waals surface area contributed by atoms with Gasteiger partial charge in [0.05, 0.1) is 12.5 Å². The van der Waals surface area contributed by atoms with Crippen molar-refractivity contribution in [2.24, 2.45) is 29.6 Å². The molecule has 0 radical (unpaired) electrons. The van der Waals surface area contributed by atoms with Crippen molar-refractivity contribution in [2.75, 3.05) is 6.61 Å². The minimum atomic E-state index is -0.239. The third kappa shape index (κ3) is 1.79. The number of ether oxygens (including phenoxy) is 2. The van der Waals surface area contributed by atoms with E-state index in [-0.39, 0.29) is 18.2 Å². The molecule has 96 valence electrons. The molecule has 0 aromatic carbocycles. The molecule has 6 unspecified atom stereocenters. The monoisotopic (exact) mass is 238 g/mol. The number of hydrogen-bond acceptors (Lipinski definition) is 3. The lowest BCUT2D eigenvalue weighted by molar-refractivity contribution is -0.182. The third-order valence-electron chi connectivity index (χ3n) is 5.17. The summed E-state index contributed by atoms with van der Waals surface area (Å²) in [4.78, 5) is 11.8. The zero-order valence-corrected chi connectivity index (χ0v) is 10.7. The summed E-state index contributed by atoms with van der Waals surface area (Å²) in [5.41, 5.74) is 0. The highest BCUT2D eigenvalue weighted by Gasteiger charge is 2.55. The summed E-state index contributed by atoms with van der Waals surface area (Å²) in [6, 6.07) is 0. The van der Waals surface area contributed by atoms with E-state index in [1.54, 1.807) is 0 Å². The van der Waals surface area contributed by atoms with Gasteiger partial charge < -0.3 is 9.47 Å². The summed E-state index contributed by atoms with van der Waals surface area (Å²) < 4.78 is 11.3. The van der Waals surface area contributed by atoms with Gasteiger partial charge in [-0.15, -0.1) is 0 Å². The van der Waals surface area contributed by atoms with Crippen molar-refractivity contribution in [3.05, 3.63) is 0 Å². The standard InChI is InChI=1S/C14H22O3/c1-3-8(2)13(15)17-14-12-10-5-4-9(6-10)11(12)7-16-14/h8-12,14H,3-7H2,1-2H3. The second-order valence-electron chi connectivity index (χ2n) is 6.02. The van der Waals surface area contributed by atoms with Crippen LogP contribution < -0.4 is 0 Å². The van der Waals surface area contributed by atoms with Crippen molar-refractivity contribution in [3.8, 4) is 0 Å². The molecule has 3 aliphatic rings. The van der Waals surface area contributed by atoms with Gasteiger partial charge in [-0.1, -0.05) is 13.8 Å². The SMILES string of the molecule is CCC(C)C(=O)OC1OCC2C3CCC(C3)C12. The van der Waals surface area contributed by atoms with Gasteiger partial charge in [-0.25, -0.2) is 0 Å². The molecule has 0 aromatic rings. The van der Waals surface area contributed by atoms with E-state index in [2.05, 4.69) is 0 Å². The first kappa shape index (κ1) is 11.5. The smallest absolute Gasteiger partial charge is 0.310 e. The fourth-order valence-corrected chi connectivity index (χ4v) is 3.95. The molecule has 0 N–H and O–H groups in total. The third-order valence-corrected chi connectivity index (χ3v) is 5.17. The predicted molar refractivity (Wildman–Crippen MR) is 63.1 cm³/mol. The number of esters is 1. The van der Waals surface area contributed by atoms with Crippen LogP contribution in [0.2, 0.25) is 0 Å². The number of hydrogen-bond donors (Lipinski definition) is 0. The molecular weight excluding hydrogens is 216 g/mol. The van der Waals surface area contributed by atoms with E-state index in [0.29, 0.717) is 11.8 Å². The lowest BCUT2D eigenvalue weighted by Gasteiger charge is -2.26. The van der Waals surface area contributed by atoms with Crippen LogP contribution in [0.5, 0.6) is 0 Å². The maximum atomic E-state index is 11.8. The number of carbonyl (C=O) groups excluding carboxylic acids is 1. The van der Waals surface area contributed by atoms with E-state index < -0.39 is 0 Å². The fourth-order valence-electron chi connectivity index (χ4n) is 3.95. The van der Waals surface area contributed by atoms with E-state index in [1.807, 2.05) is 13.8 Å². The van der Waals surface area contributed by atoms with Gasteiger partial charge in [0.2, 0.25) is 6.29 Å². The molecule has 1 aliphatic heterocycles. The molecular formula is C14H22O3. The Hall–Kier alpha value is -0.570. The summed E-state index contributed by atoms with van der Waals surface area (Å²) in [6.07, 6.45) is 4.62. The Balaban J connectivity index is 1.64. The van der Waals surface area contributed by atoms with Gasteiger partial charge in [0.15, 0.2) is 0 Å². The van der Waals surface area contributed by atoms with Crippen molar-refractivity contribution in [1.82, 2.24) is 0 Å². The van der Waals surface area contributed by atoms with Crippen molar-refractivity contribution in [3.63, 3.8) is 0 Å². The van der Waals surface area contributed by atoms with Crippen LogP contribution in [0.15, 0.2) is 0 Å². The molecule has 3 nitrogen and oxygen atoms in total. The first-order chi connectivity index (χ1) is 8.20. The van der Waals surface area contributed by atoms with Gasteiger partial charge in [0.25, 0.3) is 0 Å². The lowest BCUT2D eigenvalue weighted by Crippen LogP contribution is -2.31. The molecule has 1 heterocycles. The highest BCUT2D eigenvalue weighted by Crippen LogP contribution is 2.56. The van der Waals surface area contributed by atoms with E-state index in [9.17, 15) is 4.79 Å². The molecule has 3 fully saturated rings. The Morgan fingerprint density at radius 2 is 2.18 bits per heavy atom. The average Bonchev–Trinajstić information content (AvgIpc) is 3.00. The first-order valence-electron chi connectivity index (χ1n) is 7.02. The highest BCUT2D eigenvalue weighted by atomic mass is 16.7. The van der Waals surface area contributed by atoms with Gasteiger partial charge in [-0.2, -0.15) is 0 Å². The van der Waals surface area contributed by atoms with Gasteiger partial charge in [-0.05, 0) is 43.4 Å². The van der Waals surface area contributed by atoms with Crippen LogP contribution in [0, 0.1) is 29.6 Å². The van der Waals surface area contributed by atoms with E-state index in [0.717, 1.165) is 24.9 Å². The predicted octanol–water partition coefficient (Wildman–Crippen LogP) is 2.59. The Morgan fingerprint density at radius 3 is 2.94 bits per heavy atom. The average molecular weight is 238 g/mol. The first-order valence-corrected chi connectivity index (χ1v) is 7.02. The van der Waals surface area contributed by atoms with Gasteiger partial charge in [0.1, 0.15) is 0 Å². The second kappa shape index (κ2) is 4.27. The number of carbonyl (C=O) groups is 1. The molecule has 0 aromatic heterocycles. The molecule has 1 saturated heterocycles. The van der Waals surface area contributed by atoms with Crippen LogP contribution in [0.4, 0.5) is 0 Å². The Labute approximate surface area is 103 Å². The van der Waals surface area contributed by atoms with Crippen LogP contribution in [-0.2, 0) is 14.3 Å². The van der Waals surface area contributed by atoms with Gasteiger partial charge in [0, 0.05) is 5.92 Å². The molecule has 0 amide bonds. The lowest BCUT2D eigenvalue weighted by atomic mass is 9.81. The molecule has 3 rings (SSSR count). The van der Waals surface area contributed by atoms with E-state index in [4.69, 9.17) is 9.47 Å². The van der Waals surface area contributed by atoms with Crippen molar-refractivity contribution < 1.29 is 14.3 Å². The summed E-state index contributed by atoms with van der Waals surface area (Å²) in [5, 5.41) is 0. The van der Waals surface area contributed by atoms with Crippen molar-refractivity contribution in [1.29, 1.82) is 0 Å². The summed E-state index contributed by atoms with van der Waals surface area (Å²) in [5.74, 6) is 2.68. The zero-order chi connectivity index (χ0) is 12.0. The van der Waals surface area contributed by atoms with Crippen LogP contribution in [-0.4, -0.2) is 18.9 Å². The number of rotatable bonds is 3. The van der Waals surface area contributed by atoms with Crippen LogP contribution in [0.3, 0.4) is 0 Å². The summed E-state index contributed by atoms with van der Waals surface area (Å²) in [6.45, 7) is 4.75. The van der Waals surface area contributed by atoms with Crippen LogP contribution in [0.25, 0.3) is 0 Å². The molecule has 2 aliphatic carbocycles. The molecule has 17 heavy (non-hydrogen) atoms. The summed E-state index contributed by atoms with van der Waals surface area (Å²) in [7, 11) is 0. The Bertz CT molecular complexity index is 315. The highest BCUT2D eigenvalue weighted by molar-refractivity contribution is 5.72. The zero-order valence-electron chi connectivity index (χ0n) is 10.7. The molecule has 2 bridgehead atoms. The normalized spacial score (nSPS) is 44.7.